The van der Waals surface area contributed by atoms with Crippen molar-refractivity contribution >= 4 is 0 Å². The molecule has 0 amide bonds. The Morgan fingerprint density at radius 2 is 1.89 bits per heavy atom. The van der Waals surface area contributed by atoms with E-state index in [-0.39, 0.29) is 12.1 Å². The Kier molecular flexibility index (Phi) is 6.94. The van der Waals surface area contributed by atoms with E-state index in [0.717, 1.165) is 26.3 Å². The van der Waals surface area contributed by atoms with Gasteiger partial charge in [-0.15, -0.1) is 0 Å². The minimum atomic E-state index is 0.106. The Bertz CT molecular complexity index is 314. The van der Waals surface area contributed by atoms with Gasteiger partial charge in [-0.3, -0.25) is 4.90 Å². The van der Waals surface area contributed by atoms with E-state index in [1.165, 1.54) is 5.56 Å². The summed E-state index contributed by atoms with van der Waals surface area (Å²) < 4.78 is 5.45. The predicted octanol–water partition coefficient (Wildman–Crippen LogP) is 2.43. The van der Waals surface area contributed by atoms with E-state index in [1.54, 1.807) is 0 Å². The molecule has 0 fully saturated rings. The van der Waals surface area contributed by atoms with E-state index in [9.17, 15) is 0 Å². The standard InChI is InChI=1S/C15H26N2O/c1-4-17(11-12-18-5-2)15(13(3)16)14-9-7-6-8-10-14/h6-10,13,15H,4-5,11-12,16H2,1-3H3. The van der Waals surface area contributed by atoms with Crippen molar-refractivity contribution in [3.63, 3.8) is 0 Å². The lowest BCUT2D eigenvalue weighted by molar-refractivity contribution is 0.0909. The molecule has 1 rings (SSSR count). The normalized spacial score (nSPS) is 14.7. The monoisotopic (exact) mass is 250 g/mol. The Balaban J connectivity index is 2.76. The first-order valence-corrected chi connectivity index (χ1v) is 6.83. The quantitative estimate of drug-likeness (QED) is 0.720. The molecule has 2 atom stereocenters. The zero-order valence-electron chi connectivity index (χ0n) is 11.8. The molecule has 18 heavy (non-hydrogen) atoms. The number of benzene rings is 1. The lowest BCUT2D eigenvalue weighted by Crippen LogP contribution is -2.41. The molecule has 2 N–H and O–H groups in total. The van der Waals surface area contributed by atoms with Crippen molar-refractivity contribution < 1.29 is 4.74 Å². The maximum atomic E-state index is 6.17. The molecule has 0 aliphatic heterocycles. The van der Waals surface area contributed by atoms with Gasteiger partial charge in [0, 0.05) is 25.2 Å². The molecule has 0 heterocycles. The molecule has 3 heteroatoms. The van der Waals surface area contributed by atoms with Crippen molar-refractivity contribution in [1.29, 1.82) is 0 Å². The maximum Gasteiger partial charge on any atom is 0.0593 e. The topological polar surface area (TPSA) is 38.5 Å². The molecule has 0 aromatic heterocycles. The van der Waals surface area contributed by atoms with Crippen LogP contribution >= 0.6 is 0 Å². The Morgan fingerprint density at radius 3 is 2.39 bits per heavy atom. The molecular formula is C15H26N2O. The van der Waals surface area contributed by atoms with Gasteiger partial charge in [-0.1, -0.05) is 37.3 Å². The van der Waals surface area contributed by atoms with Crippen molar-refractivity contribution in [2.24, 2.45) is 5.73 Å². The fourth-order valence-corrected chi connectivity index (χ4v) is 2.32. The smallest absolute Gasteiger partial charge is 0.0593 e. The van der Waals surface area contributed by atoms with Gasteiger partial charge in [0.05, 0.1) is 6.61 Å². The second-order valence-corrected chi connectivity index (χ2v) is 4.54. The van der Waals surface area contributed by atoms with Crippen LogP contribution in [0.5, 0.6) is 0 Å². The van der Waals surface area contributed by atoms with E-state index in [2.05, 4.69) is 43.0 Å². The number of likely N-dealkylation sites (N-methyl/N-ethyl adjacent to an activating group) is 1. The van der Waals surface area contributed by atoms with Gasteiger partial charge < -0.3 is 10.5 Å². The highest BCUT2D eigenvalue weighted by atomic mass is 16.5. The highest BCUT2D eigenvalue weighted by Gasteiger charge is 2.22. The summed E-state index contributed by atoms with van der Waals surface area (Å²) >= 11 is 0. The summed E-state index contributed by atoms with van der Waals surface area (Å²) in [4.78, 5) is 2.38. The Morgan fingerprint density at radius 1 is 1.22 bits per heavy atom. The first kappa shape index (κ1) is 15.2. The van der Waals surface area contributed by atoms with E-state index in [4.69, 9.17) is 10.5 Å². The minimum absolute atomic E-state index is 0.106. The van der Waals surface area contributed by atoms with Crippen molar-refractivity contribution in [3.05, 3.63) is 35.9 Å². The summed E-state index contributed by atoms with van der Waals surface area (Å²) in [6, 6.07) is 10.8. The molecule has 0 saturated carbocycles. The predicted molar refractivity (Wildman–Crippen MR) is 76.6 cm³/mol. The summed E-state index contributed by atoms with van der Waals surface area (Å²) in [5.41, 5.74) is 7.45. The number of rotatable bonds is 8. The SMILES string of the molecule is CCOCCN(CC)C(c1ccccc1)C(C)N. The second kappa shape index (κ2) is 8.25. The van der Waals surface area contributed by atoms with Gasteiger partial charge in [0.2, 0.25) is 0 Å². The number of ether oxygens (including phenoxy) is 1. The van der Waals surface area contributed by atoms with Gasteiger partial charge in [0.1, 0.15) is 0 Å². The van der Waals surface area contributed by atoms with E-state index in [1.807, 2.05) is 13.0 Å². The molecule has 3 nitrogen and oxygen atoms in total. The van der Waals surface area contributed by atoms with Gasteiger partial charge in [0.25, 0.3) is 0 Å². The Labute approximate surface area is 111 Å². The lowest BCUT2D eigenvalue weighted by atomic mass is 9.99. The zero-order valence-corrected chi connectivity index (χ0v) is 11.8. The summed E-state index contributed by atoms with van der Waals surface area (Å²) in [5, 5.41) is 0. The zero-order chi connectivity index (χ0) is 13.4. The molecule has 102 valence electrons. The van der Waals surface area contributed by atoms with Crippen LogP contribution in [0.3, 0.4) is 0 Å². The van der Waals surface area contributed by atoms with Gasteiger partial charge in [0.15, 0.2) is 0 Å². The molecule has 1 aromatic carbocycles. The van der Waals surface area contributed by atoms with E-state index in [0.29, 0.717) is 0 Å². The van der Waals surface area contributed by atoms with Crippen LogP contribution in [0.25, 0.3) is 0 Å². The van der Waals surface area contributed by atoms with Gasteiger partial charge >= 0.3 is 0 Å². The molecule has 0 bridgehead atoms. The molecule has 0 saturated heterocycles. The van der Waals surface area contributed by atoms with Crippen LogP contribution in [0.2, 0.25) is 0 Å². The number of nitrogens with zero attached hydrogens (tertiary/aromatic N) is 1. The van der Waals surface area contributed by atoms with Crippen molar-refractivity contribution in [3.8, 4) is 0 Å². The minimum Gasteiger partial charge on any atom is -0.380 e. The van der Waals surface area contributed by atoms with Crippen LogP contribution < -0.4 is 5.73 Å². The van der Waals surface area contributed by atoms with Gasteiger partial charge in [-0.25, -0.2) is 0 Å². The third-order valence-electron chi connectivity index (χ3n) is 3.17. The van der Waals surface area contributed by atoms with Crippen LogP contribution in [0.15, 0.2) is 30.3 Å². The van der Waals surface area contributed by atoms with Crippen LogP contribution in [-0.2, 0) is 4.74 Å². The average Bonchev–Trinajstić information content (AvgIpc) is 2.38. The number of hydrogen-bond acceptors (Lipinski definition) is 3. The average molecular weight is 250 g/mol. The summed E-state index contributed by atoms with van der Waals surface area (Å²) in [6.45, 7) is 9.70. The van der Waals surface area contributed by atoms with Gasteiger partial charge in [-0.05, 0) is 26.0 Å². The van der Waals surface area contributed by atoms with Crippen LogP contribution in [0.1, 0.15) is 32.4 Å². The highest BCUT2D eigenvalue weighted by Crippen LogP contribution is 2.22. The van der Waals surface area contributed by atoms with Crippen LogP contribution in [0.4, 0.5) is 0 Å². The largest absolute Gasteiger partial charge is 0.380 e. The number of nitrogens with two attached hydrogens (primary N) is 1. The van der Waals surface area contributed by atoms with Crippen molar-refractivity contribution in [1.82, 2.24) is 4.90 Å². The molecule has 2 unspecified atom stereocenters. The second-order valence-electron chi connectivity index (χ2n) is 4.54. The lowest BCUT2D eigenvalue weighted by Gasteiger charge is -2.33. The summed E-state index contributed by atoms with van der Waals surface area (Å²) in [5.74, 6) is 0. The molecule has 0 spiro atoms. The molecule has 0 radical (unpaired) electrons. The first-order valence-electron chi connectivity index (χ1n) is 6.83. The summed E-state index contributed by atoms with van der Waals surface area (Å²) in [7, 11) is 0. The third-order valence-corrected chi connectivity index (χ3v) is 3.17. The fourth-order valence-electron chi connectivity index (χ4n) is 2.32. The van der Waals surface area contributed by atoms with Gasteiger partial charge in [-0.2, -0.15) is 0 Å². The first-order chi connectivity index (χ1) is 8.70. The van der Waals surface area contributed by atoms with Crippen molar-refractivity contribution in [2.75, 3.05) is 26.3 Å². The van der Waals surface area contributed by atoms with Crippen LogP contribution in [-0.4, -0.2) is 37.2 Å². The Hall–Kier alpha value is -0.900. The third kappa shape index (κ3) is 4.41. The molecule has 0 aliphatic carbocycles. The molecular weight excluding hydrogens is 224 g/mol. The van der Waals surface area contributed by atoms with E-state index >= 15 is 0 Å². The maximum absolute atomic E-state index is 6.17. The highest BCUT2D eigenvalue weighted by molar-refractivity contribution is 5.20. The number of hydrogen-bond donors (Lipinski definition) is 1. The fraction of sp³-hybridized carbons (Fsp3) is 0.600. The summed E-state index contributed by atoms with van der Waals surface area (Å²) in [6.07, 6.45) is 0. The van der Waals surface area contributed by atoms with E-state index < -0.39 is 0 Å². The molecule has 1 aromatic rings. The van der Waals surface area contributed by atoms with Crippen molar-refractivity contribution in [2.45, 2.75) is 32.9 Å². The molecule has 0 aliphatic rings. The van der Waals surface area contributed by atoms with Crippen LogP contribution in [0, 0.1) is 0 Å².